The van der Waals surface area contributed by atoms with Gasteiger partial charge in [0.1, 0.15) is 6.04 Å². The van der Waals surface area contributed by atoms with E-state index in [9.17, 15) is 14.7 Å². The number of amides is 2. The number of carboxylic acid groups (broad SMARTS) is 1. The number of urea groups is 1. The van der Waals surface area contributed by atoms with Crippen LogP contribution in [0.5, 0.6) is 0 Å². The Kier molecular flexibility index (Phi) is 6.29. The molecule has 0 aromatic carbocycles. The zero-order chi connectivity index (χ0) is 15.1. The summed E-state index contributed by atoms with van der Waals surface area (Å²) in [6.07, 6.45) is 2.58. The van der Waals surface area contributed by atoms with E-state index < -0.39 is 12.0 Å². The lowest BCUT2D eigenvalue weighted by molar-refractivity contribution is -0.144. The van der Waals surface area contributed by atoms with Crippen LogP contribution in [0.25, 0.3) is 0 Å². The zero-order valence-electron chi connectivity index (χ0n) is 12.2. The molecule has 1 aliphatic rings. The Hall–Kier alpha value is -1.77. The van der Waals surface area contributed by atoms with Crippen LogP contribution in [0, 0.1) is 17.2 Å². The molecule has 2 atom stereocenters. The highest BCUT2D eigenvalue weighted by Gasteiger charge is 2.37. The minimum Gasteiger partial charge on any atom is -0.480 e. The first-order chi connectivity index (χ1) is 9.54. The van der Waals surface area contributed by atoms with Crippen molar-refractivity contribution >= 4 is 12.0 Å². The van der Waals surface area contributed by atoms with Crippen LogP contribution in [0.3, 0.4) is 0 Å². The quantitative estimate of drug-likeness (QED) is 0.834. The van der Waals surface area contributed by atoms with Crippen molar-refractivity contribution in [3.8, 4) is 6.07 Å². The van der Waals surface area contributed by atoms with Gasteiger partial charge in [-0.3, -0.25) is 0 Å². The van der Waals surface area contributed by atoms with E-state index in [0.29, 0.717) is 32.0 Å². The van der Waals surface area contributed by atoms with Crippen molar-refractivity contribution in [1.82, 2.24) is 9.80 Å². The van der Waals surface area contributed by atoms with E-state index in [1.165, 1.54) is 4.90 Å². The maximum absolute atomic E-state index is 12.4. The maximum Gasteiger partial charge on any atom is 0.326 e. The van der Waals surface area contributed by atoms with E-state index in [-0.39, 0.29) is 12.5 Å². The number of likely N-dealkylation sites (tertiary alicyclic amines) is 1. The highest BCUT2D eigenvalue weighted by molar-refractivity contribution is 5.83. The van der Waals surface area contributed by atoms with Crippen LogP contribution in [0.2, 0.25) is 0 Å². The summed E-state index contributed by atoms with van der Waals surface area (Å²) in [6.45, 7) is 5.21. The van der Waals surface area contributed by atoms with E-state index in [2.05, 4.69) is 0 Å². The average Bonchev–Trinajstić information content (AvgIpc) is 2.47. The van der Waals surface area contributed by atoms with Gasteiger partial charge in [0.05, 0.1) is 12.5 Å². The molecule has 6 nitrogen and oxygen atoms in total. The molecule has 112 valence electrons. The summed E-state index contributed by atoms with van der Waals surface area (Å²) < 4.78 is 0. The number of nitriles is 1. The molecule has 20 heavy (non-hydrogen) atoms. The van der Waals surface area contributed by atoms with Gasteiger partial charge >= 0.3 is 12.0 Å². The van der Waals surface area contributed by atoms with Gasteiger partial charge in [-0.1, -0.05) is 13.3 Å². The molecule has 0 saturated carbocycles. The van der Waals surface area contributed by atoms with Crippen LogP contribution in [0.1, 0.15) is 39.5 Å². The Labute approximate surface area is 120 Å². The Bertz CT molecular complexity index is 392. The average molecular weight is 281 g/mol. The largest absolute Gasteiger partial charge is 0.480 e. The van der Waals surface area contributed by atoms with Crippen molar-refractivity contribution in [2.45, 2.75) is 45.6 Å². The molecule has 2 unspecified atom stereocenters. The molecule has 1 N–H and O–H groups in total. The Morgan fingerprint density at radius 3 is 2.65 bits per heavy atom. The van der Waals surface area contributed by atoms with Crippen molar-refractivity contribution in [3.05, 3.63) is 0 Å². The van der Waals surface area contributed by atoms with Gasteiger partial charge in [-0.15, -0.1) is 0 Å². The SMILES string of the molecule is CCC1CCN(C(=O)N(CC)CCC#N)C(C(=O)O)C1. The molecule has 1 fully saturated rings. The van der Waals surface area contributed by atoms with E-state index >= 15 is 0 Å². The smallest absolute Gasteiger partial charge is 0.326 e. The second-order valence-electron chi connectivity index (χ2n) is 5.12. The third-order valence-electron chi connectivity index (χ3n) is 3.96. The predicted octanol–water partition coefficient (Wildman–Crippen LogP) is 1.92. The molecule has 0 bridgehead atoms. The number of aliphatic carboxylic acids is 1. The molecule has 0 aromatic rings. The number of rotatable bonds is 5. The van der Waals surface area contributed by atoms with Crippen LogP contribution in [0.15, 0.2) is 0 Å². The number of nitrogens with zero attached hydrogens (tertiary/aromatic N) is 3. The van der Waals surface area contributed by atoms with Crippen molar-refractivity contribution < 1.29 is 14.7 Å². The Morgan fingerprint density at radius 2 is 2.15 bits per heavy atom. The van der Waals surface area contributed by atoms with Gasteiger partial charge in [-0.25, -0.2) is 9.59 Å². The van der Waals surface area contributed by atoms with Crippen molar-refractivity contribution in [2.24, 2.45) is 5.92 Å². The molecule has 0 radical (unpaired) electrons. The first-order valence-corrected chi connectivity index (χ1v) is 7.20. The second-order valence-corrected chi connectivity index (χ2v) is 5.12. The standard InChI is InChI=1S/C14H23N3O3/c1-3-11-6-9-17(12(10-11)13(18)19)14(20)16(4-2)8-5-7-15/h11-12H,3-6,8-10H2,1-2H3,(H,18,19). The van der Waals surface area contributed by atoms with Crippen LogP contribution >= 0.6 is 0 Å². The summed E-state index contributed by atoms with van der Waals surface area (Å²) >= 11 is 0. The normalized spacial score (nSPS) is 22.1. The Morgan fingerprint density at radius 1 is 1.45 bits per heavy atom. The maximum atomic E-state index is 12.4. The molecule has 0 spiro atoms. The van der Waals surface area contributed by atoms with Gasteiger partial charge in [-0.05, 0) is 25.7 Å². The van der Waals surface area contributed by atoms with Crippen LogP contribution in [-0.4, -0.2) is 52.6 Å². The van der Waals surface area contributed by atoms with Crippen LogP contribution in [0.4, 0.5) is 4.79 Å². The minimum atomic E-state index is -0.937. The van der Waals surface area contributed by atoms with Crippen LogP contribution in [-0.2, 0) is 4.79 Å². The second kappa shape index (κ2) is 7.73. The highest BCUT2D eigenvalue weighted by atomic mass is 16.4. The number of hydrogen-bond acceptors (Lipinski definition) is 3. The van der Waals surface area contributed by atoms with Crippen molar-refractivity contribution in [1.29, 1.82) is 5.26 Å². The summed E-state index contributed by atoms with van der Waals surface area (Å²) in [5.74, 6) is -0.567. The molecule has 2 amide bonds. The monoisotopic (exact) mass is 281 g/mol. The van der Waals surface area contributed by atoms with E-state index in [1.54, 1.807) is 4.90 Å². The summed E-state index contributed by atoms with van der Waals surface area (Å²) in [7, 11) is 0. The fraction of sp³-hybridized carbons (Fsp3) is 0.786. The number of carbonyl (C=O) groups excluding carboxylic acids is 1. The van der Waals surface area contributed by atoms with Crippen molar-refractivity contribution in [2.75, 3.05) is 19.6 Å². The van der Waals surface area contributed by atoms with Gasteiger partial charge in [0.2, 0.25) is 0 Å². The number of piperidine rings is 1. The topological polar surface area (TPSA) is 84.6 Å². The summed E-state index contributed by atoms with van der Waals surface area (Å²) in [4.78, 5) is 26.8. The fourth-order valence-corrected chi connectivity index (χ4v) is 2.63. The summed E-state index contributed by atoms with van der Waals surface area (Å²) in [5.41, 5.74) is 0. The molecule has 1 heterocycles. The molecule has 6 heteroatoms. The fourth-order valence-electron chi connectivity index (χ4n) is 2.63. The van der Waals surface area contributed by atoms with E-state index in [4.69, 9.17) is 5.26 Å². The molecule has 1 aliphatic heterocycles. The van der Waals surface area contributed by atoms with Gasteiger partial charge in [0, 0.05) is 19.6 Å². The molecular formula is C14H23N3O3. The summed E-state index contributed by atoms with van der Waals surface area (Å²) in [6, 6.07) is 1.01. The molecule has 1 saturated heterocycles. The third kappa shape index (κ3) is 3.86. The molecule has 0 aromatic heterocycles. The van der Waals surface area contributed by atoms with Gasteiger partial charge in [0.25, 0.3) is 0 Å². The van der Waals surface area contributed by atoms with Gasteiger partial charge in [0.15, 0.2) is 0 Å². The lowest BCUT2D eigenvalue weighted by Gasteiger charge is -2.39. The third-order valence-corrected chi connectivity index (χ3v) is 3.96. The number of carbonyl (C=O) groups is 2. The van der Waals surface area contributed by atoms with Gasteiger partial charge in [-0.2, -0.15) is 5.26 Å². The first kappa shape index (κ1) is 16.3. The summed E-state index contributed by atoms with van der Waals surface area (Å²) in [5, 5.41) is 18.0. The van der Waals surface area contributed by atoms with Crippen molar-refractivity contribution in [3.63, 3.8) is 0 Å². The van der Waals surface area contributed by atoms with Crippen LogP contribution < -0.4 is 0 Å². The molecule has 0 aliphatic carbocycles. The van der Waals surface area contributed by atoms with E-state index in [0.717, 1.165) is 12.8 Å². The molecule has 1 rings (SSSR count). The lowest BCUT2D eigenvalue weighted by Crippen LogP contribution is -2.54. The zero-order valence-corrected chi connectivity index (χ0v) is 12.2. The highest BCUT2D eigenvalue weighted by Crippen LogP contribution is 2.26. The van der Waals surface area contributed by atoms with Gasteiger partial charge < -0.3 is 14.9 Å². The molecular weight excluding hydrogens is 258 g/mol. The van der Waals surface area contributed by atoms with E-state index in [1.807, 2.05) is 19.9 Å². The Balaban J connectivity index is 2.78. The lowest BCUT2D eigenvalue weighted by atomic mass is 9.89. The minimum absolute atomic E-state index is 0.260. The number of hydrogen-bond donors (Lipinski definition) is 1. The first-order valence-electron chi connectivity index (χ1n) is 7.20. The number of carboxylic acids is 1. The predicted molar refractivity (Wildman–Crippen MR) is 74.0 cm³/mol.